The van der Waals surface area contributed by atoms with E-state index in [1.54, 1.807) is 19.3 Å². The normalized spacial score (nSPS) is 9.92. The summed E-state index contributed by atoms with van der Waals surface area (Å²) in [5.41, 5.74) is 0.649. The maximum absolute atomic E-state index is 11.4. The van der Waals surface area contributed by atoms with E-state index in [1.165, 1.54) is 15.7 Å². The summed E-state index contributed by atoms with van der Waals surface area (Å²) >= 11 is 1.42. The Labute approximate surface area is 105 Å². The second-order valence-electron chi connectivity index (χ2n) is 2.60. The van der Waals surface area contributed by atoms with Crippen molar-refractivity contribution < 1.29 is 32.7 Å². The van der Waals surface area contributed by atoms with Crippen LogP contribution in [0.25, 0.3) is 4.96 Å². The van der Waals surface area contributed by atoms with Gasteiger partial charge in [0, 0.05) is 44.5 Å². The summed E-state index contributed by atoms with van der Waals surface area (Å²) in [6.07, 6.45) is 3.30. The summed E-state index contributed by atoms with van der Waals surface area (Å²) in [6.45, 7) is 5.50. The predicted molar refractivity (Wildman–Crippen MR) is 48.5 cm³/mol. The Bertz CT molecular complexity index is 488. The van der Waals surface area contributed by atoms with Crippen molar-refractivity contribution in [1.29, 1.82) is 0 Å². The van der Waals surface area contributed by atoms with Crippen LogP contribution in [0, 0.1) is 13.8 Å². The van der Waals surface area contributed by atoms with Crippen molar-refractivity contribution in [3.63, 3.8) is 0 Å². The van der Waals surface area contributed by atoms with E-state index in [-0.39, 0.29) is 38.3 Å². The molecule has 0 aliphatic rings. The van der Waals surface area contributed by atoms with Crippen molar-refractivity contribution >= 4 is 16.3 Å². The van der Waals surface area contributed by atoms with Gasteiger partial charge >= 0.3 is 0 Å². The molecule has 3 nitrogen and oxygen atoms in total. The summed E-state index contributed by atoms with van der Waals surface area (Å²) in [4.78, 5) is 17.1. The van der Waals surface area contributed by atoms with Gasteiger partial charge in [-0.3, -0.25) is 4.79 Å². The first kappa shape index (κ1) is 10.9. The molecule has 0 aromatic carbocycles. The molecule has 0 aliphatic heterocycles. The second-order valence-corrected chi connectivity index (χ2v) is 3.69. The number of fused-ring (bicyclic) bond motifs is 1. The SMILES string of the molecule is [CH2-]c1cn2c(=O)c(C)cnc2s1.[Y]. The number of hydrogen-bond donors (Lipinski definition) is 0. The number of nitrogens with zero attached hydrogens (tertiary/aromatic N) is 2. The molecule has 0 saturated carbocycles. The van der Waals surface area contributed by atoms with Crippen molar-refractivity contribution in [3.05, 3.63) is 40.1 Å². The summed E-state index contributed by atoms with van der Waals surface area (Å²) in [7, 11) is 0. The molecule has 0 atom stereocenters. The summed E-state index contributed by atoms with van der Waals surface area (Å²) in [6, 6.07) is 0. The Kier molecular flexibility index (Phi) is 3.27. The molecule has 2 aromatic rings. The molecule has 2 heterocycles. The van der Waals surface area contributed by atoms with Crippen LogP contribution in [0.3, 0.4) is 0 Å². The summed E-state index contributed by atoms with van der Waals surface area (Å²) in [5.74, 6) is 0. The molecule has 65 valence electrons. The van der Waals surface area contributed by atoms with Gasteiger partial charge < -0.3 is 4.40 Å². The van der Waals surface area contributed by atoms with Gasteiger partial charge in [-0.15, -0.1) is 22.4 Å². The van der Waals surface area contributed by atoms with Gasteiger partial charge in [0.15, 0.2) is 4.96 Å². The van der Waals surface area contributed by atoms with Crippen LogP contribution in [-0.2, 0) is 32.7 Å². The fourth-order valence-electron chi connectivity index (χ4n) is 1.02. The van der Waals surface area contributed by atoms with E-state index in [2.05, 4.69) is 11.9 Å². The van der Waals surface area contributed by atoms with Crippen LogP contribution in [0.1, 0.15) is 10.4 Å². The molecule has 0 amide bonds. The average molecular weight is 268 g/mol. The first-order valence-electron chi connectivity index (χ1n) is 3.48. The van der Waals surface area contributed by atoms with Crippen molar-refractivity contribution in [3.8, 4) is 0 Å². The van der Waals surface area contributed by atoms with E-state index in [0.29, 0.717) is 10.5 Å². The third kappa shape index (κ3) is 1.85. The number of rotatable bonds is 0. The maximum Gasteiger partial charge on any atom is 0.245 e. The fourth-order valence-corrected chi connectivity index (χ4v) is 1.76. The average Bonchev–Trinajstić information content (AvgIpc) is 2.39. The first-order valence-corrected chi connectivity index (χ1v) is 4.30. The number of hydrogen-bond acceptors (Lipinski definition) is 3. The van der Waals surface area contributed by atoms with Crippen LogP contribution in [-0.4, -0.2) is 9.38 Å². The van der Waals surface area contributed by atoms with Gasteiger partial charge in [0.05, 0.1) is 0 Å². The maximum atomic E-state index is 11.4. The Morgan fingerprint density at radius 1 is 1.62 bits per heavy atom. The molecule has 1 radical (unpaired) electrons. The van der Waals surface area contributed by atoms with Gasteiger partial charge in [-0.05, 0) is 6.92 Å². The van der Waals surface area contributed by atoms with E-state index in [0.717, 1.165) is 4.88 Å². The van der Waals surface area contributed by atoms with Crippen LogP contribution < -0.4 is 5.56 Å². The van der Waals surface area contributed by atoms with Crippen molar-refractivity contribution in [1.82, 2.24) is 9.38 Å². The van der Waals surface area contributed by atoms with E-state index in [1.807, 2.05) is 0 Å². The van der Waals surface area contributed by atoms with E-state index in [4.69, 9.17) is 0 Å². The van der Waals surface area contributed by atoms with Gasteiger partial charge in [-0.1, -0.05) is 0 Å². The van der Waals surface area contributed by atoms with E-state index in [9.17, 15) is 4.79 Å². The van der Waals surface area contributed by atoms with Crippen molar-refractivity contribution in [2.75, 3.05) is 0 Å². The predicted octanol–water partition coefficient (Wildman–Crippen LogP) is 1.24. The van der Waals surface area contributed by atoms with Crippen molar-refractivity contribution in [2.24, 2.45) is 0 Å². The molecule has 0 unspecified atom stereocenters. The smallest absolute Gasteiger partial charge is 0.245 e. The molecule has 0 aliphatic carbocycles. The molecule has 0 saturated heterocycles. The Morgan fingerprint density at radius 3 is 3.00 bits per heavy atom. The van der Waals surface area contributed by atoms with Crippen LogP contribution in [0.2, 0.25) is 0 Å². The third-order valence-electron chi connectivity index (χ3n) is 1.63. The van der Waals surface area contributed by atoms with Gasteiger partial charge in [0.2, 0.25) is 5.56 Å². The third-order valence-corrected chi connectivity index (χ3v) is 2.48. The zero-order valence-corrected chi connectivity index (χ0v) is 10.8. The molecule has 13 heavy (non-hydrogen) atoms. The second kappa shape index (κ2) is 3.90. The number of aryl methyl sites for hydroxylation is 1. The van der Waals surface area contributed by atoms with Gasteiger partial charge in [-0.25, -0.2) is 11.9 Å². The zero-order chi connectivity index (χ0) is 8.72. The largest absolute Gasteiger partial charge is 0.340 e. The summed E-state index contributed by atoms with van der Waals surface area (Å²) < 4.78 is 1.53. The minimum absolute atomic E-state index is 0. The summed E-state index contributed by atoms with van der Waals surface area (Å²) in [5, 5.41) is 0. The van der Waals surface area contributed by atoms with Crippen LogP contribution in [0.5, 0.6) is 0 Å². The molecule has 0 bridgehead atoms. The molecular formula is C8H7N2OSY-. The number of aromatic nitrogens is 2. The molecule has 2 rings (SSSR count). The van der Waals surface area contributed by atoms with Crippen LogP contribution in [0.4, 0.5) is 0 Å². The quantitative estimate of drug-likeness (QED) is 0.674. The Balaban J connectivity index is 0.000000845. The molecule has 0 N–H and O–H groups in total. The minimum atomic E-state index is -0.00819. The van der Waals surface area contributed by atoms with Gasteiger partial charge in [0.1, 0.15) is 0 Å². The zero-order valence-electron chi connectivity index (χ0n) is 7.15. The standard InChI is InChI=1S/C8H7N2OS.Y/c1-5-3-9-8-10(7(5)11)4-6(2)12-8;/h3-4H,2H2,1H3;/q-1;. The van der Waals surface area contributed by atoms with Crippen molar-refractivity contribution in [2.45, 2.75) is 6.92 Å². The monoisotopic (exact) mass is 268 g/mol. The fraction of sp³-hybridized carbons (Fsp3) is 0.125. The molecule has 0 fully saturated rings. The topological polar surface area (TPSA) is 34.4 Å². The van der Waals surface area contributed by atoms with Crippen LogP contribution in [0.15, 0.2) is 17.2 Å². The first-order chi connectivity index (χ1) is 5.68. The molecular weight excluding hydrogens is 261 g/mol. The van der Waals surface area contributed by atoms with Gasteiger partial charge in [0.25, 0.3) is 0 Å². The Morgan fingerprint density at radius 2 is 2.31 bits per heavy atom. The van der Waals surface area contributed by atoms with E-state index >= 15 is 0 Å². The Hall–Kier alpha value is -0.186. The van der Waals surface area contributed by atoms with Crippen LogP contribution >= 0.6 is 11.3 Å². The molecule has 2 aromatic heterocycles. The van der Waals surface area contributed by atoms with E-state index < -0.39 is 0 Å². The van der Waals surface area contributed by atoms with Gasteiger partial charge in [-0.2, -0.15) is 0 Å². The molecule has 0 spiro atoms. The molecule has 5 heteroatoms. The number of thiazole rings is 1. The minimum Gasteiger partial charge on any atom is -0.340 e.